The Balaban J connectivity index is 1.16. The summed E-state index contributed by atoms with van der Waals surface area (Å²) in [6.07, 6.45) is 4.24. The molecule has 0 unspecified atom stereocenters. The maximum absolute atomic E-state index is 2.52. The van der Waals surface area contributed by atoms with Crippen LogP contribution >= 0.6 is 0 Å². The Morgan fingerprint density at radius 2 is 0.529 bits per heavy atom. The van der Waals surface area contributed by atoms with Crippen LogP contribution in [0.1, 0.15) is 44.5 Å². The molecular formula is C34H22. The number of rotatable bonds is 0. The molecule has 4 aliphatic carbocycles. The van der Waals surface area contributed by atoms with Crippen LogP contribution in [0, 0.1) is 0 Å². The lowest BCUT2D eigenvalue weighted by Gasteiger charge is -2.09. The van der Waals surface area contributed by atoms with Crippen molar-refractivity contribution in [3.8, 4) is 44.5 Å². The van der Waals surface area contributed by atoms with E-state index >= 15 is 0 Å². The molecule has 0 saturated heterocycles. The molecule has 0 bridgehead atoms. The third-order valence-corrected chi connectivity index (χ3v) is 8.71. The molecule has 0 N–H and O–H groups in total. The predicted octanol–water partition coefficient (Wildman–Crippen LogP) is 7.97. The summed E-state index contributed by atoms with van der Waals surface area (Å²) in [5, 5.41) is 0. The van der Waals surface area contributed by atoms with E-state index in [-0.39, 0.29) is 0 Å². The maximum atomic E-state index is 2.52. The van der Waals surface area contributed by atoms with Crippen LogP contribution in [-0.2, 0) is 25.7 Å². The van der Waals surface area contributed by atoms with Gasteiger partial charge in [0.05, 0.1) is 0 Å². The normalized spacial score (nSPS) is 14.6. The third-order valence-electron chi connectivity index (χ3n) is 8.71. The highest BCUT2D eigenvalue weighted by Gasteiger charge is 2.30. The van der Waals surface area contributed by atoms with Crippen molar-refractivity contribution in [2.75, 3.05) is 0 Å². The fraction of sp³-hybridized carbons (Fsp3) is 0.118. The molecule has 34 heavy (non-hydrogen) atoms. The van der Waals surface area contributed by atoms with Crippen molar-refractivity contribution in [2.24, 2.45) is 0 Å². The third kappa shape index (κ3) is 2.14. The monoisotopic (exact) mass is 430 g/mol. The van der Waals surface area contributed by atoms with Crippen molar-refractivity contribution in [1.29, 1.82) is 0 Å². The first-order chi connectivity index (χ1) is 16.8. The van der Waals surface area contributed by atoms with E-state index in [0.717, 1.165) is 25.7 Å². The first kappa shape index (κ1) is 17.6. The summed E-state index contributed by atoms with van der Waals surface area (Å²) >= 11 is 0. The van der Waals surface area contributed by atoms with Crippen molar-refractivity contribution in [3.05, 3.63) is 129 Å². The summed E-state index contributed by atoms with van der Waals surface area (Å²) < 4.78 is 0. The van der Waals surface area contributed by atoms with Crippen molar-refractivity contribution in [2.45, 2.75) is 25.7 Å². The average molecular weight is 431 g/mol. The molecule has 0 heteroatoms. The summed E-state index contributed by atoms with van der Waals surface area (Å²) in [7, 11) is 0. The molecule has 0 nitrogen and oxygen atoms in total. The zero-order valence-electron chi connectivity index (χ0n) is 18.9. The summed E-state index contributed by atoms with van der Waals surface area (Å²) in [4.78, 5) is 0. The molecule has 4 aliphatic rings. The SMILES string of the molecule is c1ccc2c(c1)Cc1cc3c(cc1-2)Cc1cc2c(cc1-3)Cc1cc3c(cc1-2)Cc1ccccc1-3. The van der Waals surface area contributed by atoms with Crippen LogP contribution in [0.4, 0.5) is 0 Å². The minimum absolute atomic E-state index is 1.05. The molecular weight excluding hydrogens is 408 g/mol. The van der Waals surface area contributed by atoms with Crippen LogP contribution < -0.4 is 0 Å². The van der Waals surface area contributed by atoms with Gasteiger partial charge in [0.15, 0.2) is 0 Å². The van der Waals surface area contributed by atoms with E-state index in [1.54, 1.807) is 0 Å². The molecule has 0 radical (unpaired) electrons. The number of fused-ring (bicyclic) bond motifs is 12. The van der Waals surface area contributed by atoms with E-state index in [9.17, 15) is 0 Å². The summed E-state index contributed by atoms with van der Waals surface area (Å²) in [5.74, 6) is 0. The highest BCUT2D eigenvalue weighted by atomic mass is 14.3. The van der Waals surface area contributed by atoms with Gasteiger partial charge >= 0.3 is 0 Å². The quantitative estimate of drug-likeness (QED) is 0.229. The van der Waals surface area contributed by atoms with Gasteiger partial charge < -0.3 is 0 Å². The molecule has 0 amide bonds. The lowest BCUT2D eigenvalue weighted by atomic mass is 9.95. The van der Waals surface area contributed by atoms with Gasteiger partial charge in [0.25, 0.3) is 0 Å². The molecule has 0 fully saturated rings. The van der Waals surface area contributed by atoms with Crippen LogP contribution in [0.3, 0.4) is 0 Å². The van der Waals surface area contributed by atoms with E-state index in [0.29, 0.717) is 0 Å². The largest absolute Gasteiger partial charge is 0.0619 e. The smallest absolute Gasteiger partial charge is 0.00130 e. The van der Waals surface area contributed by atoms with E-state index in [2.05, 4.69) is 84.9 Å². The van der Waals surface area contributed by atoms with Gasteiger partial charge in [-0.15, -0.1) is 0 Å². The Hall–Kier alpha value is -3.90. The van der Waals surface area contributed by atoms with Gasteiger partial charge in [-0.05, 0) is 151 Å². The average Bonchev–Trinajstić information content (AvgIpc) is 3.59. The zero-order chi connectivity index (χ0) is 22.0. The first-order valence-electron chi connectivity index (χ1n) is 12.4. The van der Waals surface area contributed by atoms with E-state index in [1.165, 1.54) is 89.0 Å². The van der Waals surface area contributed by atoms with Gasteiger partial charge in [0, 0.05) is 0 Å². The first-order valence-corrected chi connectivity index (χ1v) is 12.4. The second-order valence-electron chi connectivity index (χ2n) is 10.5. The molecule has 0 atom stereocenters. The summed E-state index contributed by atoms with van der Waals surface area (Å²) in [6, 6.07) is 32.8. The Morgan fingerprint density at radius 3 is 0.882 bits per heavy atom. The van der Waals surface area contributed by atoms with E-state index in [1.807, 2.05) is 0 Å². The van der Waals surface area contributed by atoms with Gasteiger partial charge in [0.1, 0.15) is 0 Å². The molecule has 0 aromatic heterocycles. The van der Waals surface area contributed by atoms with Crippen LogP contribution in [0.25, 0.3) is 44.5 Å². The fourth-order valence-electron chi connectivity index (χ4n) is 7.15. The van der Waals surface area contributed by atoms with Crippen LogP contribution in [0.15, 0.2) is 84.9 Å². The molecule has 5 aromatic rings. The van der Waals surface area contributed by atoms with Gasteiger partial charge in [-0.1, -0.05) is 48.5 Å². The number of hydrogen-bond acceptors (Lipinski definition) is 0. The predicted molar refractivity (Wildman–Crippen MR) is 139 cm³/mol. The lowest BCUT2D eigenvalue weighted by molar-refractivity contribution is 1.23. The van der Waals surface area contributed by atoms with Crippen LogP contribution in [0.5, 0.6) is 0 Å². The zero-order valence-corrected chi connectivity index (χ0v) is 18.9. The van der Waals surface area contributed by atoms with Gasteiger partial charge in [-0.2, -0.15) is 0 Å². The highest BCUT2D eigenvalue weighted by molar-refractivity contribution is 5.91. The second kappa shape index (κ2) is 5.96. The Labute approximate surface area is 199 Å². The van der Waals surface area contributed by atoms with E-state index < -0.39 is 0 Å². The van der Waals surface area contributed by atoms with Gasteiger partial charge in [-0.25, -0.2) is 0 Å². The molecule has 0 spiro atoms. The van der Waals surface area contributed by atoms with Crippen molar-refractivity contribution in [3.63, 3.8) is 0 Å². The molecule has 9 rings (SSSR count). The Morgan fingerprint density at radius 1 is 0.265 bits per heavy atom. The highest BCUT2D eigenvalue weighted by Crippen LogP contribution is 2.49. The number of benzene rings is 5. The van der Waals surface area contributed by atoms with Crippen LogP contribution in [0.2, 0.25) is 0 Å². The fourth-order valence-corrected chi connectivity index (χ4v) is 7.15. The maximum Gasteiger partial charge on any atom is -0.00130 e. The van der Waals surface area contributed by atoms with Gasteiger partial charge in [-0.3, -0.25) is 0 Å². The molecule has 0 aliphatic heterocycles. The molecule has 0 saturated carbocycles. The van der Waals surface area contributed by atoms with Crippen LogP contribution in [-0.4, -0.2) is 0 Å². The van der Waals surface area contributed by atoms with Gasteiger partial charge in [0.2, 0.25) is 0 Å². The topological polar surface area (TPSA) is 0 Å². The molecule has 5 aromatic carbocycles. The molecule has 158 valence electrons. The minimum Gasteiger partial charge on any atom is -0.0619 e. The summed E-state index contributed by atoms with van der Waals surface area (Å²) in [5.41, 5.74) is 23.6. The van der Waals surface area contributed by atoms with E-state index in [4.69, 9.17) is 0 Å². The Bertz CT molecular complexity index is 1620. The van der Waals surface area contributed by atoms with Crippen molar-refractivity contribution >= 4 is 0 Å². The van der Waals surface area contributed by atoms with Crippen molar-refractivity contribution < 1.29 is 0 Å². The summed E-state index contributed by atoms with van der Waals surface area (Å²) in [6.45, 7) is 0. The number of hydrogen-bond donors (Lipinski definition) is 0. The standard InChI is InChI=1S/C34H22/c1-3-7-27-19(5-1)9-21-15-31-23(13-29(21)27)11-25-18-34-26(17-33(25)31)12-24-14-30-22(16-32(24)34)10-20-6-2-4-8-28(20)30/h1-8,13-18H,9-12H2. The lowest BCUT2D eigenvalue weighted by Crippen LogP contribution is -1.87. The van der Waals surface area contributed by atoms with Crippen molar-refractivity contribution in [1.82, 2.24) is 0 Å². The molecule has 0 heterocycles. The Kier molecular flexibility index (Phi) is 3.08. The minimum atomic E-state index is 1.05. The second-order valence-corrected chi connectivity index (χ2v) is 10.5.